The Morgan fingerprint density at radius 1 is 1.11 bits per heavy atom. The summed E-state index contributed by atoms with van der Waals surface area (Å²) in [5.74, 6) is 0.882. The Morgan fingerprint density at radius 2 is 1.79 bits per heavy atom. The van der Waals surface area contributed by atoms with E-state index in [2.05, 4.69) is 36.2 Å². The van der Waals surface area contributed by atoms with Crippen LogP contribution in [0.2, 0.25) is 0 Å². The molecule has 0 saturated carbocycles. The minimum absolute atomic E-state index is 0.170. The van der Waals surface area contributed by atoms with E-state index in [1.54, 1.807) is 7.11 Å². The molecule has 2 nitrogen and oxygen atoms in total. The topological polar surface area (TPSA) is 21.3 Å². The number of nitrogens with one attached hydrogen (secondary N) is 1. The van der Waals surface area contributed by atoms with Gasteiger partial charge in [0.15, 0.2) is 0 Å². The van der Waals surface area contributed by atoms with Crippen LogP contribution in [0.3, 0.4) is 0 Å². The monoisotopic (exact) mass is 253 g/mol. The average Bonchev–Trinajstić information content (AvgIpc) is 2.49. The summed E-state index contributed by atoms with van der Waals surface area (Å²) in [5, 5.41) is 3.48. The van der Waals surface area contributed by atoms with E-state index in [1.807, 2.05) is 36.4 Å². The second-order valence-electron chi connectivity index (χ2n) is 4.35. The predicted octanol–water partition coefficient (Wildman–Crippen LogP) is 3.71. The number of benzene rings is 2. The molecule has 1 N–H and O–H groups in total. The lowest BCUT2D eigenvalue weighted by Gasteiger charge is -2.15. The predicted molar refractivity (Wildman–Crippen MR) is 79.2 cm³/mol. The molecule has 0 amide bonds. The van der Waals surface area contributed by atoms with Crippen LogP contribution in [0.5, 0.6) is 5.75 Å². The molecule has 2 aromatic rings. The third-order valence-electron chi connectivity index (χ3n) is 3.08. The number of methoxy groups -OCH3 is 1. The molecule has 0 aliphatic rings. The maximum absolute atomic E-state index is 5.15. The van der Waals surface area contributed by atoms with E-state index >= 15 is 0 Å². The van der Waals surface area contributed by atoms with Crippen molar-refractivity contribution < 1.29 is 4.74 Å². The van der Waals surface area contributed by atoms with Gasteiger partial charge in [-0.25, -0.2) is 0 Å². The summed E-state index contributed by atoms with van der Waals surface area (Å²) in [4.78, 5) is 0. The summed E-state index contributed by atoms with van der Waals surface area (Å²) in [6.45, 7) is 4.70. The van der Waals surface area contributed by atoms with Crippen LogP contribution in [-0.4, -0.2) is 7.11 Å². The Labute approximate surface area is 114 Å². The van der Waals surface area contributed by atoms with Gasteiger partial charge in [0.1, 0.15) is 5.75 Å². The molecule has 2 rings (SSSR count). The quantitative estimate of drug-likeness (QED) is 0.792. The van der Waals surface area contributed by atoms with Gasteiger partial charge in [0.25, 0.3) is 0 Å². The fourth-order valence-corrected chi connectivity index (χ4v) is 1.97. The van der Waals surface area contributed by atoms with Gasteiger partial charge in [0, 0.05) is 6.54 Å². The lowest BCUT2D eigenvalue weighted by atomic mass is 10.1. The molecule has 0 bridgehead atoms. The molecule has 0 aromatic heterocycles. The van der Waals surface area contributed by atoms with E-state index in [0.717, 1.165) is 12.3 Å². The van der Waals surface area contributed by atoms with Crippen molar-refractivity contribution in [3.63, 3.8) is 0 Å². The first-order valence-corrected chi connectivity index (χ1v) is 6.37. The summed E-state index contributed by atoms with van der Waals surface area (Å²) in [6, 6.07) is 18.6. The third kappa shape index (κ3) is 3.70. The second-order valence-corrected chi connectivity index (χ2v) is 4.35. The van der Waals surface area contributed by atoms with Gasteiger partial charge in [-0.05, 0) is 23.3 Å². The van der Waals surface area contributed by atoms with Crippen LogP contribution in [0.25, 0.3) is 0 Å². The van der Waals surface area contributed by atoms with Crippen molar-refractivity contribution in [3.8, 4) is 5.75 Å². The van der Waals surface area contributed by atoms with Crippen LogP contribution in [0, 0.1) is 0 Å². The van der Waals surface area contributed by atoms with Gasteiger partial charge in [-0.2, -0.15) is 0 Å². The number of rotatable bonds is 6. The van der Waals surface area contributed by atoms with Gasteiger partial charge in [0.2, 0.25) is 0 Å². The van der Waals surface area contributed by atoms with E-state index in [4.69, 9.17) is 4.74 Å². The summed E-state index contributed by atoms with van der Waals surface area (Å²) < 4.78 is 5.15. The molecule has 0 spiro atoms. The molecule has 0 fully saturated rings. The Morgan fingerprint density at radius 3 is 2.37 bits per heavy atom. The van der Waals surface area contributed by atoms with Gasteiger partial charge in [0.05, 0.1) is 13.2 Å². The maximum atomic E-state index is 5.15. The summed E-state index contributed by atoms with van der Waals surface area (Å²) in [7, 11) is 1.68. The first kappa shape index (κ1) is 13.4. The zero-order chi connectivity index (χ0) is 13.5. The SMILES string of the molecule is C=C[C@@H](NCc1ccc(OC)cc1)c1ccccc1. The molecule has 98 valence electrons. The highest BCUT2D eigenvalue weighted by atomic mass is 16.5. The van der Waals surface area contributed by atoms with Gasteiger partial charge in [-0.15, -0.1) is 6.58 Å². The fraction of sp³-hybridized carbons (Fsp3) is 0.176. The highest BCUT2D eigenvalue weighted by molar-refractivity contribution is 5.28. The van der Waals surface area contributed by atoms with Crippen molar-refractivity contribution in [1.82, 2.24) is 5.32 Å². The third-order valence-corrected chi connectivity index (χ3v) is 3.08. The number of ether oxygens (including phenoxy) is 1. The molecule has 19 heavy (non-hydrogen) atoms. The molecule has 0 heterocycles. The fourth-order valence-electron chi connectivity index (χ4n) is 1.97. The Kier molecular flexibility index (Phi) is 4.76. The van der Waals surface area contributed by atoms with Crippen LogP contribution in [0.15, 0.2) is 67.3 Å². The van der Waals surface area contributed by atoms with Crippen molar-refractivity contribution in [3.05, 3.63) is 78.4 Å². The summed E-state index contributed by atoms with van der Waals surface area (Å²) in [5.41, 5.74) is 2.45. The zero-order valence-corrected chi connectivity index (χ0v) is 11.2. The largest absolute Gasteiger partial charge is 0.497 e. The van der Waals surface area contributed by atoms with Gasteiger partial charge >= 0.3 is 0 Å². The van der Waals surface area contributed by atoms with Crippen molar-refractivity contribution in [1.29, 1.82) is 0 Å². The average molecular weight is 253 g/mol. The molecule has 0 unspecified atom stereocenters. The van der Waals surface area contributed by atoms with Crippen LogP contribution in [0.4, 0.5) is 0 Å². The number of hydrogen-bond donors (Lipinski definition) is 1. The van der Waals surface area contributed by atoms with Crippen LogP contribution in [0.1, 0.15) is 17.2 Å². The van der Waals surface area contributed by atoms with Crippen molar-refractivity contribution >= 4 is 0 Å². The molecule has 2 heteroatoms. The molecule has 0 aliphatic carbocycles. The van der Waals surface area contributed by atoms with Crippen molar-refractivity contribution in [2.24, 2.45) is 0 Å². The Balaban J connectivity index is 1.98. The zero-order valence-electron chi connectivity index (χ0n) is 11.2. The maximum Gasteiger partial charge on any atom is 0.118 e. The van der Waals surface area contributed by atoms with Gasteiger partial charge in [-0.3, -0.25) is 0 Å². The van der Waals surface area contributed by atoms with Crippen molar-refractivity contribution in [2.45, 2.75) is 12.6 Å². The molecule has 0 aliphatic heterocycles. The van der Waals surface area contributed by atoms with E-state index in [-0.39, 0.29) is 6.04 Å². The summed E-state index contributed by atoms with van der Waals surface area (Å²) in [6.07, 6.45) is 1.93. The highest BCUT2D eigenvalue weighted by Crippen LogP contribution is 2.15. The standard InChI is InChI=1S/C17H19NO/c1-3-17(15-7-5-4-6-8-15)18-13-14-9-11-16(19-2)12-10-14/h3-12,17-18H,1,13H2,2H3/t17-/m1/s1. The second kappa shape index (κ2) is 6.76. The first-order chi connectivity index (χ1) is 9.33. The van der Waals surface area contributed by atoms with E-state index in [0.29, 0.717) is 0 Å². The lowest BCUT2D eigenvalue weighted by Crippen LogP contribution is -2.18. The van der Waals surface area contributed by atoms with Crippen LogP contribution < -0.4 is 10.1 Å². The molecule has 0 radical (unpaired) electrons. The molecule has 1 atom stereocenters. The minimum Gasteiger partial charge on any atom is -0.497 e. The minimum atomic E-state index is 0.170. The molecular weight excluding hydrogens is 234 g/mol. The lowest BCUT2D eigenvalue weighted by molar-refractivity contribution is 0.414. The van der Waals surface area contributed by atoms with E-state index in [1.165, 1.54) is 11.1 Å². The Hall–Kier alpha value is -2.06. The summed E-state index contributed by atoms with van der Waals surface area (Å²) >= 11 is 0. The normalized spacial score (nSPS) is 11.8. The number of hydrogen-bond acceptors (Lipinski definition) is 2. The Bertz CT molecular complexity index is 505. The highest BCUT2D eigenvalue weighted by Gasteiger charge is 2.05. The first-order valence-electron chi connectivity index (χ1n) is 6.37. The van der Waals surface area contributed by atoms with Gasteiger partial charge in [-0.1, -0.05) is 48.5 Å². The molecule has 0 saturated heterocycles. The van der Waals surface area contributed by atoms with E-state index < -0.39 is 0 Å². The van der Waals surface area contributed by atoms with Crippen molar-refractivity contribution in [2.75, 3.05) is 7.11 Å². The smallest absolute Gasteiger partial charge is 0.118 e. The van der Waals surface area contributed by atoms with Crippen LogP contribution in [-0.2, 0) is 6.54 Å². The molecular formula is C17H19NO. The van der Waals surface area contributed by atoms with Crippen LogP contribution >= 0.6 is 0 Å². The van der Waals surface area contributed by atoms with Gasteiger partial charge < -0.3 is 10.1 Å². The molecule has 2 aromatic carbocycles. The van der Waals surface area contributed by atoms with E-state index in [9.17, 15) is 0 Å².